The summed E-state index contributed by atoms with van der Waals surface area (Å²) in [5.41, 5.74) is 0. The summed E-state index contributed by atoms with van der Waals surface area (Å²) < 4.78 is 0. The maximum Gasteiger partial charge on any atom is 0.242 e. The Balaban J connectivity index is 1.93. The average molecular weight is 170 g/mol. The Bertz CT molecular complexity index is 191. The van der Waals surface area contributed by atoms with Crippen molar-refractivity contribution in [2.75, 3.05) is 19.6 Å². The molecule has 68 valence electrons. The summed E-state index contributed by atoms with van der Waals surface area (Å²) in [6, 6.07) is -0.328. The smallest absolute Gasteiger partial charge is 0.242 e. The fourth-order valence-corrected chi connectivity index (χ4v) is 1.67. The third-order valence-corrected chi connectivity index (χ3v) is 2.62. The van der Waals surface area contributed by atoms with E-state index in [1.54, 1.807) is 4.90 Å². The Morgan fingerprint density at radius 3 is 2.67 bits per heavy atom. The Morgan fingerprint density at radius 1 is 1.50 bits per heavy atom. The lowest BCUT2D eigenvalue weighted by atomic mass is 10.1. The highest BCUT2D eigenvalue weighted by atomic mass is 16.3. The zero-order valence-electron chi connectivity index (χ0n) is 6.99. The second-order valence-electron chi connectivity index (χ2n) is 3.47. The molecule has 0 aromatic heterocycles. The monoisotopic (exact) mass is 170 g/mol. The number of nitrogens with one attached hydrogen (secondary N) is 1. The van der Waals surface area contributed by atoms with Crippen molar-refractivity contribution in [2.45, 2.75) is 25.0 Å². The molecular weight excluding hydrogens is 156 g/mol. The van der Waals surface area contributed by atoms with Gasteiger partial charge in [-0.25, -0.2) is 0 Å². The summed E-state index contributed by atoms with van der Waals surface area (Å²) in [5, 5.41) is 12.4. The van der Waals surface area contributed by atoms with Gasteiger partial charge in [0, 0.05) is 13.1 Å². The molecule has 2 aliphatic heterocycles. The van der Waals surface area contributed by atoms with E-state index in [-0.39, 0.29) is 11.9 Å². The lowest BCUT2D eigenvalue weighted by molar-refractivity contribution is -0.138. The van der Waals surface area contributed by atoms with E-state index in [0.717, 1.165) is 26.1 Å². The van der Waals surface area contributed by atoms with E-state index in [9.17, 15) is 9.90 Å². The van der Waals surface area contributed by atoms with Gasteiger partial charge in [-0.3, -0.25) is 4.79 Å². The van der Waals surface area contributed by atoms with Crippen LogP contribution in [0.1, 0.15) is 12.8 Å². The second kappa shape index (κ2) is 3.03. The second-order valence-corrected chi connectivity index (χ2v) is 3.47. The van der Waals surface area contributed by atoms with Crippen molar-refractivity contribution in [1.29, 1.82) is 0 Å². The van der Waals surface area contributed by atoms with Crippen LogP contribution in [0.3, 0.4) is 0 Å². The quantitative estimate of drug-likeness (QED) is 0.527. The molecule has 2 N–H and O–H groups in total. The van der Waals surface area contributed by atoms with Crippen molar-refractivity contribution in [3.63, 3.8) is 0 Å². The zero-order valence-corrected chi connectivity index (χ0v) is 6.99. The van der Waals surface area contributed by atoms with E-state index < -0.39 is 6.10 Å². The molecule has 2 rings (SSSR count). The van der Waals surface area contributed by atoms with Gasteiger partial charge in [-0.1, -0.05) is 0 Å². The van der Waals surface area contributed by atoms with Crippen LogP contribution >= 0.6 is 0 Å². The highest BCUT2D eigenvalue weighted by Gasteiger charge is 2.35. The van der Waals surface area contributed by atoms with Crippen molar-refractivity contribution in [3.05, 3.63) is 0 Å². The first kappa shape index (κ1) is 8.01. The summed E-state index contributed by atoms with van der Waals surface area (Å²) >= 11 is 0. The van der Waals surface area contributed by atoms with Gasteiger partial charge in [0.2, 0.25) is 5.91 Å². The first-order chi connectivity index (χ1) is 5.79. The van der Waals surface area contributed by atoms with Gasteiger partial charge in [0.15, 0.2) is 0 Å². The summed E-state index contributed by atoms with van der Waals surface area (Å²) in [6.45, 7) is 2.48. The van der Waals surface area contributed by atoms with Gasteiger partial charge in [-0.2, -0.15) is 0 Å². The molecule has 4 heteroatoms. The molecule has 0 spiro atoms. The topological polar surface area (TPSA) is 52.6 Å². The zero-order chi connectivity index (χ0) is 8.55. The summed E-state index contributed by atoms with van der Waals surface area (Å²) in [5.74, 6) is 0.0752. The number of aliphatic hydroxyl groups is 1. The van der Waals surface area contributed by atoms with Crippen LogP contribution in [0.15, 0.2) is 0 Å². The van der Waals surface area contributed by atoms with Crippen LogP contribution in [-0.2, 0) is 4.79 Å². The lowest BCUT2D eigenvalue weighted by Gasteiger charge is -2.33. The molecule has 1 amide bonds. The summed E-state index contributed by atoms with van der Waals surface area (Å²) in [7, 11) is 0. The molecule has 2 atom stereocenters. The third-order valence-electron chi connectivity index (χ3n) is 2.62. The number of hydrogen-bond donors (Lipinski definition) is 2. The standard InChI is InChI=1S/C8H14N2O2/c11-6-2-3-9-7(6)8(12)10-4-1-5-10/h6-7,9,11H,1-5H2/t6?,7-/m0/s1. The fourth-order valence-electron chi connectivity index (χ4n) is 1.67. The highest BCUT2D eigenvalue weighted by molar-refractivity contribution is 5.83. The van der Waals surface area contributed by atoms with Crippen molar-refractivity contribution < 1.29 is 9.90 Å². The minimum atomic E-state index is -0.474. The van der Waals surface area contributed by atoms with Gasteiger partial charge < -0.3 is 15.3 Å². The van der Waals surface area contributed by atoms with Crippen LogP contribution in [-0.4, -0.2) is 47.7 Å². The molecule has 12 heavy (non-hydrogen) atoms. The predicted molar refractivity (Wildman–Crippen MR) is 43.6 cm³/mol. The molecule has 4 nitrogen and oxygen atoms in total. The molecule has 0 aliphatic carbocycles. The molecule has 0 saturated carbocycles. The highest BCUT2D eigenvalue weighted by Crippen LogP contribution is 2.14. The van der Waals surface area contributed by atoms with Crippen molar-refractivity contribution in [1.82, 2.24) is 10.2 Å². The molecule has 2 saturated heterocycles. The van der Waals surface area contributed by atoms with Crippen molar-refractivity contribution in [3.8, 4) is 0 Å². The van der Waals surface area contributed by atoms with Gasteiger partial charge >= 0.3 is 0 Å². The number of aliphatic hydroxyl groups excluding tert-OH is 1. The molecule has 0 aromatic carbocycles. The number of carbonyl (C=O) groups is 1. The first-order valence-electron chi connectivity index (χ1n) is 4.49. The van der Waals surface area contributed by atoms with E-state index in [1.807, 2.05) is 0 Å². The molecule has 0 radical (unpaired) electrons. The van der Waals surface area contributed by atoms with E-state index in [0.29, 0.717) is 6.42 Å². The predicted octanol–water partition coefficient (Wildman–Crippen LogP) is -1.06. The maximum atomic E-state index is 11.5. The Labute approximate surface area is 71.5 Å². The fraction of sp³-hybridized carbons (Fsp3) is 0.875. The number of nitrogens with zero attached hydrogens (tertiary/aromatic N) is 1. The van der Waals surface area contributed by atoms with E-state index in [2.05, 4.69) is 5.32 Å². The van der Waals surface area contributed by atoms with Crippen LogP contribution in [0.2, 0.25) is 0 Å². The first-order valence-corrected chi connectivity index (χ1v) is 4.49. The van der Waals surface area contributed by atoms with Crippen molar-refractivity contribution in [2.24, 2.45) is 0 Å². The Morgan fingerprint density at radius 2 is 2.25 bits per heavy atom. The molecule has 2 heterocycles. The van der Waals surface area contributed by atoms with Crippen LogP contribution in [0.5, 0.6) is 0 Å². The minimum Gasteiger partial charge on any atom is -0.391 e. The normalized spacial score (nSPS) is 34.9. The van der Waals surface area contributed by atoms with Gasteiger partial charge in [0.05, 0.1) is 6.10 Å². The van der Waals surface area contributed by atoms with Crippen molar-refractivity contribution >= 4 is 5.91 Å². The van der Waals surface area contributed by atoms with Crippen LogP contribution in [0.4, 0.5) is 0 Å². The van der Waals surface area contributed by atoms with E-state index in [1.165, 1.54) is 0 Å². The average Bonchev–Trinajstić information content (AvgIpc) is 2.31. The molecule has 2 fully saturated rings. The largest absolute Gasteiger partial charge is 0.391 e. The number of carbonyl (C=O) groups excluding carboxylic acids is 1. The van der Waals surface area contributed by atoms with Crippen LogP contribution in [0, 0.1) is 0 Å². The Kier molecular flexibility index (Phi) is 2.02. The third kappa shape index (κ3) is 1.21. The number of hydrogen-bond acceptors (Lipinski definition) is 3. The number of amides is 1. The number of likely N-dealkylation sites (tertiary alicyclic amines) is 1. The SMILES string of the molecule is O=C([C@H]1NCCC1O)N1CCC1. The molecule has 2 aliphatic rings. The lowest BCUT2D eigenvalue weighted by Crippen LogP contribution is -2.52. The molecule has 0 bridgehead atoms. The number of rotatable bonds is 1. The minimum absolute atomic E-state index is 0.0752. The summed E-state index contributed by atoms with van der Waals surface area (Å²) in [6.07, 6.45) is 1.33. The van der Waals surface area contributed by atoms with Crippen LogP contribution in [0.25, 0.3) is 0 Å². The van der Waals surface area contributed by atoms with Gasteiger partial charge in [-0.05, 0) is 19.4 Å². The molecule has 1 unspecified atom stereocenters. The van der Waals surface area contributed by atoms with Gasteiger partial charge in [0.25, 0.3) is 0 Å². The molecule has 0 aromatic rings. The maximum absolute atomic E-state index is 11.5. The van der Waals surface area contributed by atoms with Gasteiger partial charge in [-0.15, -0.1) is 0 Å². The summed E-state index contributed by atoms with van der Waals surface area (Å²) in [4.78, 5) is 13.3. The van der Waals surface area contributed by atoms with Gasteiger partial charge in [0.1, 0.15) is 6.04 Å². The Hall–Kier alpha value is -0.610. The molecular formula is C8H14N2O2. The van der Waals surface area contributed by atoms with Crippen LogP contribution < -0.4 is 5.32 Å². The van der Waals surface area contributed by atoms with E-state index >= 15 is 0 Å². The van der Waals surface area contributed by atoms with E-state index in [4.69, 9.17) is 0 Å².